The maximum absolute atomic E-state index is 10.7. The highest BCUT2D eigenvalue weighted by Gasteiger charge is 2.20. The van der Waals surface area contributed by atoms with Crippen LogP contribution in [-0.2, 0) is 13.1 Å². The molecule has 0 saturated heterocycles. The summed E-state index contributed by atoms with van der Waals surface area (Å²) in [6.45, 7) is 2.21. The van der Waals surface area contributed by atoms with Crippen molar-refractivity contribution in [1.82, 2.24) is 14.5 Å². The number of hydrogen-bond acceptors (Lipinski definition) is 6. The number of pyridine rings is 1. The van der Waals surface area contributed by atoms with Crippen molar-refractivity contribution in [2.45, 2.75) is 13.1 Å². The van der Waals surface area contributed by atoms with Gasteiger partial charge in [0.2, 0.25) is 5.82 Å². The number of nitrogens with zero attached hydrogens (tertiary/aromatic N) is 5. The van der Waals surface area contributed by atoms with Gasteiger partial charge in [-0.1, -0.05) is 0 Å². The van der Waals surface area contributed by atoms with E-state index in [9.17, 15) is 10.1 Å². The number of nitro groups is 1. The van der Waals surface area contributed by atoms with E-state index in [1.54, 1.807) is 12.3 Å². The molecule has 2 aromatic rings. The molecule has 0 amide bonds. The molecule has 1 aliphatic heterocycles. The zero-order valence-electron chi connectivity index (χ0n) is 10.1. The molecule has 0 radical (unpaired) electrons. The third-order valence-corrected chi connectivity index (χ3v) is 3.15. The Hall–Kier alpha value is -2.64. The van der Waals surface area contributed by atoms with Crippen molar-refractivity contribution in [2.24, 2.45) is 0 Å². The molecule has 8 heteroatoms. The molecular formula is C11H12N6O2. The summed E-state index contributed by atoms with van der Waals surface area (Å²) in [6, 6.07) is 3.01. The van der Waals surface area contributed by atoms with Crippen molar-refractivity contribution < 1.29 is 4.92 Å². The topological polar surface area (TPSA) is 103 Å². The monoisotopic (exact) mass is 260 g/mol. The average Bonchev–Trinajstić information content (AvgIpc) is 2.85. The fourth-order valence-corrected chi connectivity index (χ4v) is 2.16. The van der Waals surface area contributed by atoms with E-state index in [2.05, 4.69) is 14.5 Å². The van der Waals surface area contributed by atoms with Gasteiger partial charge in [-0.15, -0.1) is 0 Å². The lowest BCUT2D eigenvalue weighted by Gasteiger charge is -2.28. The minimum Gasteiger partial charge on any atom is -0.378 e. The highest BCUT2D eigenvalue weighted by molar-refractivity contribution is 5.58. The van der Waals surface area contributed by atoms with Crippen LogP contribution in [0.5, 0.6) is 0 Å². The number of hydrogen-bond donors (Lipinski definition) is 1. The maximum atomic E-state index is 10.7. The SMILES string of the molecule is Nc1nc(N2CCn3ccnc3C2)ccc1[N+](=O)[O-]. The van der Waals surface area contributed by atoms with Crippen LogP contribution in [0.1, 0.15) is 5.82 Å². The highest BCUT2D eigenvalue weighted by atomic mass is 16.6. The normalized spacial score (nSPS) is 14.2. The van der Waals surface area contributed by atoms with Crippen molar-refractivity contribution in [3.8, 4) is 0 Å². The second-order valence-corrected chi connectivity index (χ2v) is 4.29. The zero-order chi connectivity index (χ0) is 13.4. The van der Waals surface area contributed by atoms with Gasteiger partial charge in [-0.3, -0.25) is 10.1 Å². The Balaban J connectivity index is 1.88. The van der Waals surface area contributed by atoms with E-state index in [1.165, 1.54) is 6.07 Å². The van der Waals surface area contributed by atoms with Crippen molar-refractivity contribution in [3.63, 3.8) is 0 Å². The number of nitrogens with two attached hydrogens (primary N) is 1. The van der Waals surface area contributed by atoms with Crippen LogP contribution >= 0.6 is 0 Å². The number of imidazole rings is 1. The summed E-state index contributed by atoms with van der Waals surface area (Å²) in [5.74, 6) is 1.53. The van der Waals surface area contributed by atoms with Crippen LogP contribution in [0.3, 0.4) is 0 Å². The number of rotatable bonds is 2. The van der Waals surface area contributed by atoms with Crippen LogP contribution in [0.4, 0.5) is 17.3 Å². The van der Waals surface area contributed by atoms with Gasteiger partial charge in [-0.2, -0.15) is 0 Å². The summed E-state index contributed by atoms with van der Waals surface area (Å²) >= 11 is 0. The molecule has 0 spiro atoms. The quantitative estimate of drug-likeness (QED) is 0.632. The number of nitrogen functional groups attached to an aromatic ring is 1. The Bertz CT molecular complexity index is 638. The Morgan fingerprint density at radius 2 is 2.21 bits per heavy atom. The van der Waals surface area contributed by atoms with E-state index in [0.717, 1.165) is 18.9 Å². The number of aromatic nitrogens is 3. The van der Waals surface area contributed by atoms with E-state index in [0.29, 0.717) is 12.4 Å². The van der Waals surface area contributed by atoms with Crippen LogP contribution < -0.4 is 10.6 Å². The molecule has 0 aromatic carbocycles. The second kappa shape index (κ2) is 4.23. The molecule has 0 bridgehead atoms. The van der Waals surface area contributed by atoms with E-state index in [4.69, 9.17) is 5.73 Å². The van der Waals surface area contributed by atoms with Gasteiger partial charge in [0.05, 0.1) is 11.5 Å². The summed E-state index contributed by atoms with van der Waals surface area (Å²) in [6.07, 6.45) is 3.70. The van der Waals surface area contributed by atoms with Gasteiger partial charge < -0.3 is 15.2 Å². The lowest BCUT2D eigenvalue weighted by molar-refractivity contribution is -0.384. The molecule has 1 aliphatic rings. The summed E-state index contributed by atoms with van der Waals surface area (Å²) in [5, 5.41) is 10.7. The predicted molar refractivity (Wildman–Crippen MR) is 68.6 cm³/mol. The fraction of sp³-hybridized carbons (Fsp3) is 0.273. The number of anilines is 2. The molecule has 98 valence electrons. The maximum Gasteiger partial charge on any atom is 0.311 e. The smallest absolute Gasteiger partial charge is 0.311 e. The molecule has 0 fully saturated rings. The third-order valence-electron chi connectivity index (χ3n) is 3.15. The van der Waals surface area contributed by atoms with Gasteiger partial charge in [0, 0.05) is 31.5 Å². The van der Waals surface area contributed by atoms with E-state index in [-0.39, 0.29) is 11.5 Å². The van der Waals surface area contributed by atoms with Gasteiger partial charge in [0.15, 0.2) is 0 Å². The van der Waals surface area contributed by atoms with Gasteiger partial charge in [0.1, 0.15) is 11.6 Å². The zero-order valence-corrected chi connectivity index (χ0v) is 10.1. The summed E-state index contributed by atoms with van der Waals surface area (Å²) in [4.78, 5) is 20.5. The summed E-state index contributed by atoms with van der Waals surface area (Å²) < 4.78 is 2.07. The van der Waals surface area contributed by atoms with Gasteiger partial charge in [-0.05, 0) is 6.07 Å². The molecular weight excluding hydrogens is 248 g/mol. The lowest BCUT2D eigenvalue weighted by Crippen LogP contribution is -2.34. The number of fused-ring (bicyclic) bond motifs is 1. The third kappa shape index (κ3) is 1.96. The second-order valence-electron chi connectivity index (χ2n) is 4.29. The standard InChI is InChI=1S/C11H12N6O2/c12-11-8(17(18)19)1-2-9(14-11)16-6-5-15-4-3-13-10(15)7-16/h1-4H,5-7H2,(H2,12,14). The molecule has 2 aromatic heterocycles. The molecule has 0 unspecified atom stereocenters. The molecule has 8 nitrogen and oxygen atoms in total. The average molecular weight is 260 g/mol. The Morgan fingerprint density at radius 1 is 1.37 bits per heavy atom. The molecule has 19 heavy (non-hydrogen) atoms. The molecule has 3 rings (SSSR count). The van der Waals surface area contributed by atoms with Gasteiger partial charge in [-0.25, -0.2) is 9.97 Å². The highest BCUT2D eigenvalue weighted by Crippen LogP contribution is 2.25. The minimum absolute atomic E-state index is 0.0589. The van der Waals surface area contributed by atoms with Crippen LogP contribution in [0.25, 0.3) is 0 Å². The van der Waals surface area contributed by atoms with Crippen LogP contribution in [0, 0.1) is 10.1 Å². The molecule has 2 N–H and O–H groups in total. The van der Waals surface area contributed by atoms with Crippen LogP contribution in [0.2, 0.25) is 0 Å². The Kier molecular flexibility index (Phi) is 2.55. The lowest BCUT2D eigenvalue weighted by atomic mass is 10.3. The molecule has 3 heterocycles. The van der Waals surface area contributed by atoms with Crippen molar-refractivity contribution in [2.75, 3.05) is 17.2 Å². The summed E-state index contributed by atoms with van der Waals surface area (Å²) in [7, 11) is 0. The first-order chi connectivity index (χ1) is 9.15. The first-order valence-electron chi connectivity index (χ1n) is 5.81. The fourth-order valence-electron chi connectivity index (χ4n) is 2.16. The molecule has 0 atom stereocenters. The van der Waals surface area contributed by atoms with Gasteiger partial charge >= 0.3 is 5.69 Å². The summed E-state index contributed by atoms with van der Waals surface area (Å²) in [5.41, 5.74) is 5.44. The van der Waals surface area contributed by atoms with Crippen LogP contribution in [-0.4, -0.2) is 26.0 Å². The van der Waals surface area contributed by atoms with E-state index >= 15 is 0 Å². The van der Waals surface area contributed by atoms with Crippen molar-refractivity contribution in [3.05, 3.63) is 40.5 Å². The molecule has 0 saturated carbocycles. The molecule has 0 aliphatic carbocycles. The Morgan fingerprint density at radius 3 is 2.95 bits per heavy atom. The van der Waals surface area contributed by atoms with Gasteiger partial charge in [0.25, 0.3) is 0 Å². The van der Waals surface area contributed by atoms with Crippen molar-refractivity contribution in [1.29, 1.82) is 0 Å². The van der Waals surface area contributed by atoms with E-state index in [1.807, 2.05) is 11.1 Å². The first-order valence-corrected chi connectivity index (χ1v) is 5.81. The van der Waals surface area contributed by atoms with E-state index < -0.39 is 4.92 Å². The van der Waals surface area contributed by atoms with Crippen LogP contribution in [0.15, 0.2) is 24.5 Å². The Labute approximate surface area is 108 Å². The largest absolute Gasteiger partial charge is 0.378 e. The predicted octanol–water partition coefficient (Wildman–Crippen LogP) is 0.789. The first kappa shape index (κ1) is 11.5. The van der Waals surface area contributed by atoms with Crippen molar-refractivity contribution >= 4 is 17.3 Å². The minimum atomic E-state index is -0.533.